The Morgan fingerprint density at radius 2 is 2.20 bits per heavy atom. The number of ether oxygens (including phenoxy) is 1. The number of hydrogen-bond donors (Lipinski definition) is 1. The summed E-state index contributed by atoms with van der Waals surface area (Å²) in [5.74, 6) is 0. The van der Waals surface area contributed by atoms with E-state index in [1.54, 1.807) is 0 Å². The van der Waals surface area contributed by atoms with Gasteiger partial charge in [-0.3, -0.25) is 0 Å². The van der Waals surface area contributed by atoms with Crippen LogP contribution in [0.2, 0.25) is 5.02 Å². The van der Waals surface area contributed by atoms with Gasteiger partial charge in [0, 0.05) is 11.6 Å². The fourth-order valence-corrected chi connectivity index (χ4v) is 1.43. The molecule has 0 unspecified atom stereocenters. The third-order valence-electron chi connectivity index (χ3n) is 2.16. The Bertz CT molecular complexity index is 302. The quantitative estimate of drug-likeness (QED) is 0.755. The Kier molecular flexibility index (Phi) is 5.69. The van der Waals surface area contributed by atoms with Crippen LogP contribution in [0, 0.1) is 6.92 Å². The summed E-state index contributed by atoms with van der Waals surface area (Å²) >= 11 is 5.93. The second-order valence-corrected chi connectivity index (χ2v) is 3.90. The molecule has 0 amide bonds. The molecule has 0 spiro atoms. The molecule has 1 rings (SSSR count). The summed E-state index contributed by atoms with van der Waals surface area (Å²) in [6.45, 7) is 7.39. The second kappa shape index (κ2) is 6.83. The Hall–Kier alpha value is -0.570. The van der Waals surface area contributed by atoms with Crippen LogP contribution >= 0.6 is 11.6 Å². The minimum atomic E-state index is 0.656. The largest absolute Gasteiger partial charge is 0.375 e. The monoisotopic (exact) mass is 227 g/mol. The van der Waals surface area contributed by atoms with Gasteiger partial charge in [-0.25, -0.2) is 0 Å². The molecule has 3 heteroatoms. The lowest BCUT2D eigenvalue weighted by Crippen LogP contribution is -2.18. The third-order valence-corrected chi connectivity index (χ3v) is 2.59. The van der Waals surface area contributed by atoms with Crippen LogP contribution in [0.3, 0.4) is 0 Å². The van der Waals surface area contributed by atoms with Crippen LogP contribution in [-0.4, -0.2) is 19.7 Å². The molecule has 0 saturated heterocycles. The first-order valence-corrected chi connectivity index (χ1v) is 5.65. The highest BCUT2D eigenvalue weighted by atomic mass is 35.5. The summed E-state index contributed by atoms with van der Waals surface area (Å²) < 4.78 is 5.51. The number of aryl methyl sites for hydroxylation is 1. The van der Waals surface area contributed by atoms with Gasteiger partial charge in [-0.1, -0.05) is 30.7 Å². The van der Waals surface area contributed by atoms with Crippen LogP contribution in [0.25, 0.3) is 0 Å². The number of nitrogens with one attached hydrogen (secondary N) is 1. The molecular weight excluding hydrogens is 210 g/mol. The first kappa shape index (κ1) is 12.5. The van der Waals surface area contributed by atoms with E-state index in [-0.39, 0.29) is 0 Å². The minimum Gasteiger partial charge on any atom is -0.375 e. The highest BCUT2D eigenvalue weighted by molar-refractivity contribution is 6.31. The summed E-state index contributed by atoms with van der Waals surface area (Å²) in [7, 11) is 0. The van der Waals surface area contributed by atoms with E-state index in [1.807, 2.05) is 19.1 Å². The topological polar surface area (TPSA) is 21.3 Å². The van der Waals surface area contributed by atoms with E-state index in [9.17, 15) is 0 Å². The zero-order valence-corrected chi connectivity index (χ0v) is 10.1. The van der Waals surface area contributed by atoms with Gasteiger partial charge in [0.1, 0.15) is 0 Å². The number of halogens is 1. The fraction of sp³-hybridized carbons (Fsp3) is 0.500. The molecule has 0 aliphatic heterocycles. The molecule has 0 aliphatic carbocycles. The van der Waals surface area contributed by atoms with Gasteiger partial charge in [-0.05, 0) is 30.7 Å². The van der Waals surface area contributed by atoms with Gasteiger partial charge in [0.2, 0.25) is 0 Å². The standard InChI is InChI=1S/C12H18ClNO/c1-3-14-6-7-15-9-11-4-5-12(13)10(2)8-11/h4-5,8,14H,3,6-7,9H2,1-2H3. The van der Waals surface area contributed by atoms with Crippen molar-refractivity contribution in [1.82, 2.24) is 5.32 Å². The molecule has 0 aromatic heterocycles. The van der Waals surface area contributed by atoms with E-state index in [2.05, 4.69) is 18.3 Å². The van der Waals surface area contributed by atoms with Crippen molar-refractivity contribution < 1.29 is 4.74 Å². The number of benzene rings is 1. The fourth-order valence-electron chi connectivity index (χ4n) is 1.31. The lowest BCUT2D eigenvalue weighted by molar-refractivity contribution is 0.123. The number of likely N-dealkylation sites (N-methyl/N-ethyl adjacent to an activating group) is 1. The van der Waals surface area contributed by atoms with E-state index in [0.29, 0.717) is 6.61 Å². The molecule has 1 aromatic carbocycles. The zero-order valence-electron chi connectivity index (χ0n) is 9.35. The summed E-state index contributed by atoms with van der Waals surface area (Å²) in [6, 6.07) is 5.98. The van der Waals surface area contributed by atoms with E-state index in [4.69, 9.17) is 16.3 Å². The maximum atomic E-state index is 5.93. The number of rotatable bonds is 6. The van der Waals surface area contributed by atoms with Crippen molar-refractivity contribution in [1.29, 1.82) is 0 Å². The Balaban J connectivity index is 2.28. The second-order valence-electron chi connectivity index (χ2n) is 3.49. The van der Waals surface area contributed by atoms with Gasteiger partial charge in [0.25, 0.3) is 0 Å². The third kappa shape index (κ3) is 4.65. The molecule has 0 saturated carbocycles. The molecule has 0 atom stereocenters. The predicted molar refractivity (Wildman–Crippen MR) is 64.4 cm³/mol. The van der Waals surface area contributed by atoms with Gasteiger partial charge >= 0.3 is 0 Å². The van der Waals surface area contributed by atoms with Gasteiger partial charge in [0.15, 0.2) is 0 Å². The summed E-state index contributed by atoms with van der Waals surface area (Å²) in [4.78, 5) is 0. The molecule has 2 nitrogen and oxygen atoms in total. The maximum Gasteiger partial charge on any atom is 0.0717 e. The van der Waals surface area contributed by atoms with E-state index in [0.717, 1.165) is 30.3 Å². The smallest absolute Gasteiger partial charge is 0.0717 e. The van der Waals surface area contributed by atoms with E-state index >= 15 is 0 Å². The van der Waals surface area contributed by atoms with Gasteiger partial charge in [0.05, 0.1) is 13.2 Å². The highest BCUT2D eigenvalue weighted by Crippen LogP contribution is 2.16. The first-order valence-electron chi connectivity index (χ1n) is 5.27. The van der Waals surface area contributed by atoms with Crippen LogP contribution in [0.15, 0.2) is 18.2 Å². The molecule has 1 N–H and O–H groups in total. The summed E-state index contributed by atoms with van der Waals surface area (Å²) in [5.41, 5.74) is 2.28. The summed E-state index contributed by atoms with van der Waals surface area (Å²) in [6.07, 6.45) is 0. The van der Waals surface area contributed by atoms with Crippen molar-refractivity contribution in [2.24, 2.45) is 0 Å². The van der Waals surface area contributed by atoms with Crippen molar-refractivity contribution in [3.63, 3.8) is 0 Å². The van der Waals surface area contributed by atoms with E-state index in [1.165, 1.54) is 5.56 Å². The normalized spacial score (nSPS) is 10.6. The highest BCUT2D eigenvalue weighted by Gasteiger charge is 1.97. The Labute approximate surface area is 96.6 Å². The molecule has 0 heterocycles. The lowest BCUT2D eigenvalue weighted by Gasteiger charge is -2.06. The van der Waals surface area contributed by atoms with Gasteiger partial charge < -0.3 is 10.1 Å². The van der Waals surface area contributed by atoms with Crippen molar-refractivity contribution in [3.8, 4) is 0 Å². The number of hydrogen-bond acceptors (Lipinski definition) is 2. The molecule has 15 heavy (non-hydrogen) atoms. The molecule has 0 aliphatic rings. The predicted octanol–water partition coefficient (Wildman–Crippen LogP) is 2.77. The van der Waals surface area contributed by atoms with Crippen LogP contribution < -0.4 is 5.32 Å². The van der Waals surface area contributed by atoms with E-state index < -0.39 is 0 Å². The molecular formula is C12H18ClNO. The lowest BCUT2D eigenvalue weighted by atomic mass is 10.1. The van der Waals surface area contributed by atoms with Crippen LogP contribution in [-0.2, 0) is 11.3 Å². The van der Waals surface area contributed by atoms with Crippen molar-refractivity contribution in [3.05, 3.63) is 34.3 Å². The summed E-state index contributed by atoms with van der Waals surface area (Å²) in [5, 5.41) is 4.02. The van der Waals surface area contributed by atoms with Crippen LogP contribution in [0.4, 0.5) is 0 Å². The maximum absolute atomic E-state index is 5.93. The Morgan fingerprint density at radius 1 is 1.40 bits per heavy atom. The van der Waals surface area contributed by atoms with Gasteiger partial charge in [-0.2, -0.15) is 0 Å². The molecule has 1 aromatic rings. The minimum absolute atomic E-state index is 0.656. The van der Waals surface area contributed by atoms with Gasteiger partial charge in [-0.15, -0.1) is 0 Å². The zero-order chi connectivity index (χ0) is 11.1. The van der Waals surface area contributed by atoms with Crippen LogP contribution in [0.5, 0.6) is 0 Å². The molecule has 84 valence electrons. The molecule has 0 fully saturated rings. The molecule has 0 bridgehead atoms. The average Bonchev–Trinajstić information content (AvgIpc) is 2.23. The average molecular weight is 228 g/mol. The first-order chi connectivity index (χ1) is 7.24. The van der Waals surface area contributed by atoms with Crippen molar-refractivity contribution in [2.45, 2.75) is 20.5 Å². The molecule has 0 radical (unpaired) electrons. The Morgan fingerprint density at radius 3 is 2.87 bits per heavy atom. The van der Waals surface area contributed by atoms with Crippen LogP contribution in [0.1, 0.15) is 18.1 Å². The SMILES string of the molecule is CCNCCOCc1ccc(Cl)c(C)c1. The van der Waals surface area contributed by atoms with Crippen molar-refractivity contribution >= 4 is 11.6 Å². The van der Waals surface area contributed by atoms with Crippen molar-refractivity contribution in [2.75, 3.05) is 19.7 Å².